The molecule has 1 N–H and O–H groups in total. The Morgan fingerprint density at radius 3 is 2.52 bits per heavy atom. The van der Waals surface area contributed by atoms with Crippen molar-refractivity contribution >= 4 is 31.3 Å². The Morgan fingerprint density at radius 2 is 2.05 bits per heavy atom. The number of amides is 1. The van der Waals surface area contributed by atoms with Gasteiger partial charge in [-0.05, 0) is 25.1 Å². The summed E-state index contributed by atoms with van der Waals surface area (Å²) >= 11 is 0. The molecule has 0 aliphatic heterocycles. The molecule has 0 saturated carbocycles. The van der Waals surface area contributed by atoms with Gasteiger partial charge in [0.15, 0.2) is 5.89 Å². The third-order valence-corrected chi connectivity index (χ3v) is 3.93. The van der Waals surface area contributed by atoms with Gasteiger partial charge < -0.3 is 9.73 Å². The molecule has 0 atom stereocenters. The number of carbonyl (C=O) groups is 1. The molecule has 1 amide bonds. The molecule has 21 heavy (non-hydrogen) atoms. The van der Waals surface area contributed by atoms with Crippen molar-refractivity contribution in [2.75, 3.05) is 5.32 Å². The van der Waals surface area contributed by atoms with Crippen molar-refractivity contribution in [2.45, 2.75) is 18.7 Å². The first-order chi connectivity index (χ1) is 9.68. The summed E-state index contributed by atoms with van der Waals surface area (Å²) in [5.74, 6) is -1.35. The third-order valence-electron chi connectivity index (χ3n) is 2.58. The van der Waals surface area contributed by atoms with Crippen LogP contribution in [-0.2, 0) is 9.05 Å². The lowest BCUT2D eigenvalue weighted by Crippen LogP contribution is -2.13. The van der Waals surface area contributed by atoms with Crippen LogP contribution in [-0.4, -0.2) is 19.3 Å². The maximum atomic E-state index is 13.8. The van der Waals surface area contributed by atoms with Gasteiger partial charge in [0, 0.05) is 17.6 Å². The van der Waals surface area contributed by atoms with Crippen molar-refractivity contribution in [3.63, 3.8) is 0 Å². The van der Waals surface area contributed by atoms with Gasteiger partial charge in [-0.3, -0.25) is 4.79 Å². The molecule has 2 aromatic rings. The molecule has 1 heterocycles. The van der Waals surface area contributed by atoms with Crippen molar-refractivity contribution < 1.29 is 22.0 Å². The predicted molar refractivity (Wildman–Crippen MR) is 73.4 cm³/mol. The van der Waals surface area contributed by atoms with Gasteiger partial charge in [-0.15, -0.1) is 0 Å². The zero-order valence-electron chi connectivity index (χ0n) is 11.0. The second kappa shape index (κ2) is 5.45. The first kappa shape index (κ1) is 15.5. The maximum absolute atomic E-state index is 13.8. The normalized spacial score (nSPS) is 11.4. The van der Waals surface area contributed by atoms with Gasteiger partial charge in [-0.25, -0.2) is 17.8 Å². The molecule has 6 nitrogen and oxygen atoms in total. The fraction of sp³-hybridized carbons (Fsp3) is 0.167. The second-order valence-electron chi connectivity index (χ2n) is 4.18. The van der Waals surface area contributed by atoms with E-state index in [2.05, 4.69) is 10.3 Å². The van der Waals surface area contributed by atoms with Gasteiger partial charge in [0.05, 0.1) is 16.3 Å². The molecule has 112 valence electrons. The number of carbonyl (C=O) groups excluding carboxylic acids is 1. The summed E-state index contributed by atoms with van der Waals surface area (Å²) in [6.07, 6.45) is 0. The highest BCUT2D eigenvalue weighted by molar-refractivity contribution is 8.13. The summed E-state index contributed by atoms with van der Waals surface area (Å²) in [7, 11) is 1.07. The van der Waals surface area contributed by atoms with E-state index in [4.69, 9.17) is 15.1 Å². The number of oxazole rings is 1. The van der Waals surface area contributed by atoms with Crippen LogP contribution < -0.4 is 5.32 Å². The Kier molecular flexibility index (Phi) is 4.02. The van der Waals surface area contributed by atoms with Gasteiger partial charge in [-0.1, -0.05) is 0 Å². The minimum Gasteiger partial charge on any atom is -0.436 e. The highest BCUT2D eigenvalue weighted by Crippen LogP contribution is 2.22. The van der Waals surface area contributed by atoms with Crippen LogP contribution in [0.25, 0.3) is 0 Å². The van der Waals surface area contributed by atoms with Crippen molar-refractivity contribution in [1.29, 1.82) is 0 Å². The van der Waals surface area contributed by atoms with Crippen LogP contribution in [0.5, 0.6) is 0 Å². The molecule has 2 rings (SSSR count). The van der Waals surface area contributed by atoms with Crippen molar-refractivity contribution in [3.05, 3.63) is 41.4 Å². The molecule has 0 saturated heterocycles. The lowest BCUT2D eigenvalue weighted by molar-refractivity contribution is 0.0994. The quantitative estimate of drug-likeness (QED) is 0.873. The smallest absolute Gasteiger partial charge is 0.293 e. The van der Waals surface area contributed by atoms with Gasteiger partial charge in [-0.2, -0.15) is 0 Å². The number of anilines is 1. The molecule has 1 aromatic carbocycles. The number of rotatable bonds is 3. The molecule has 0 spiro atoms. The number of hydrogen-bond donors (Lipinski definition) is 1. The fourth-order valence-electron chi connectivity index (χ4n) is 1.67. The zero-order valence-corrected chi connectivity index (χ0v) is 12.5. The van der Waals surface area contributed by atoms with Crippen LogP contribution in [0.3, 0.4) is 0 Å². The van der Waals surface area contributed by atoms with E-state index in [0.717, 1.165) is 18.2 Å². The molecule has 0 radical (unpaired) electrons. The molecule has 0 bridgehead atoms. The SMILES string of the molecule is Cc1nc(C)c(C(=O)Nc2ccc(S(=O)(=O)Cl)cc2F)o1. The van der Waals surface area contributed by atoms with E-state index < -0.39 is 25.7 Å². The predicted octanol–water partition coefficient (Wildman–Crippen LogP) is 2.61. The van der Waals surface area contributed by atoms with Crippen molar-refractivity contribution in [3.8, 4) is 0 Å². The maximum Gasteiger partial charge on any atom is 0.293 e. The minimum absolute atomic E-state index is 0.0408. The Labute approximate surface area is 124 Å². The van der Waals surface area contributed by atoms with Gasteiger partial charge in [0.25, 0.3) is 15.0 Å². The molecule has 9 heteroatoms. The Balaban J connectivity index is 2.28. The first-order valence-corrected chi connectivity index (χ1v) is 7.99. The van der Waals surface area contributed by atoms with Gasteiger partial charge in [0.1, 0.15) is 5.82 Å². The van der Waals surface area contributed by atoms with E-state index in [-0.39, 0.29) is 11.4 Å². The van der Waals surface area contributed by atoms with Gasteiger partial charge >= 0.3 is 0 Å². The zero-order chi connectivity index (χ0) is 15.8. The monoisotopic (exact) mass is 332 g/mol. The lowest BCUT2D eigenvalue weighted by Gasteiger charge is -2.06. The largest absolute Gasteiger partial charge is 0.436 e. The first-order valence-electron chi connectivity index (χ1n) is 5.68. The minimum atomic E-state index is -4.04. The van der Waals surface area contributed by atoms with Crippen LogP contribution in [0.15, 0.2) is 27.5 Å². The summed E-state index contributed by atoms with van der Waals surface area (Å²) in [4.78, 5) is 15.5. The van der Waals surface area contributed by atoms with Gasteiger partial charge in [0.2, 0.25) is 5.76 Å². The molecule has 0 fully saturated rings. The fourth-order valence-corrected chi connectivity index (χ4v) is 2.43. The van der Waals surface area contributed by atoms with Crippen LogP contribution >= 0.6 is 10.7 Å². The summed E-state index contributed by atoms with van der Waals surface area (Å²) in [6, 6.07) is 2.90. The van der Waals surface area contributed by atoms with E-state index in [9.17, 15) is 17.6 Å². The van der Waals surface area contributed by atoms with E-state index in [0.29, 0.717) is 11.6 Å². The van der Waals surface area contributed by atoms with E-state index >= 15 is 0 Å². The van der Waals surface area contributed by atoms with Crippen LogP contribution in [0.1, 0.15) is 22.1 Å². The second-order valence-corrected chi connectivity index (χ2v) is 6.75. The number of halogens is 2. The number of aromatic nitrogens is 1. The average Bonchev–Trinajstić information content (AvgIpc) is 2.69. The molecular weight excluding hydrogens is 323 g/mol. The molecule has 0 aliphatic rings. The van der Waals surface area contributed by atoms with Crippen molar-refractivity contribution in [2.24, 2.45) is 0 Å². The molecule has 0 aliphatic carbocycles. The number of hydrogen-bond acceptors (Lipinski definition) is 5. The number of aryl methyl sites for hydroxylation is 2. The number of nitrogens with zero attached hydrogens (tertiary/aromatic N) is 1. The third kappa shape index (κ3) is 3.40. The Morgan fingerprint density at radius 1 is 1.38 bits per heavy atom. The lowest BCUT2D eigenvalue weighted by atomic mass is 10.3. The summed E-state index contributed by atoms with van der Waals surface area (Å²) in [6.45, 7) is 3.15. The highest BCUT2D eigenvalue weighted by atomic mass is 35.7. The van der Waals surface area contributed by atoms with E-state index in [1.54, 1.807) is 13.8 Å². The Hall–Kier alpha value is -1.93. The van der Waals surface area contributed by atoms with Crippen LogP contribution in [0.4, 0.5) is 10.1 Å². The van der Waals surface area contributed by atoms with E-state index in [1.165, 1.54) is 0 Å². The summed E-state index contributed by atoms with van der Waals surface area (Å²) in [5, 5.41) is 2.27. The molecule has 1 aromatic heterocycles. The van der Waals surface area contributed by atoms with Crippen LogP contribution in [0, 0.1) is 19.7 Å². The molecule has 0 unspecified atom stereocenters. The number of benzene rings is 1. The topological polar surface area (TPSA) is 89.3 Å². The highest BCUT2D eigenvalue weighted by Gasteiger charge is 2.19. The average molecular weight is 333 g/mol. The Bertz CT molecular complexity index is 817. The summed E-state index contributed by atoms with van der Waals surface area (Å²) < 4.78 is 41.0. The number of nitrogens with one attached hydrogen (secondary N) is 1. The molecular formula is C12H10ClFN2O4S. The van der Waals surface area contributed by atoms with Crippen LogP contribution in [0.2, 0.25) is 0 Å². The van der Waals surface area contributed by atoms with Crippen molar-refractivity contribution in [1.82, 2.24) is 4.98 Å². The van der Waals surface area contributed by atoms with E-state index in [1.807, 2.05) is 0 Å². The summed E-state index contributed by atoms with van der Waals surface area (Å²) in [5.41, 5.74) is 0.169. The standard InChI is InChI=1S/C12H10ClFN2O4S/c1-6-11(20-7(2)15-6)12(17)16-10-4-3-8(5-9(10)14)21(13,18)19/h3-5H,1-2H3,(H,16,17).